The van der Waals surface area contributed by atoms with Crippen LogP contribution >= 0.6 is 0 Å². The van der Waals surface area contributed by atoms with Crippen LogP contribution in [0, 0.1) is 0 Å². The van der Waals surface area contributed by atoms with Gasteiger partial charge in [0.2, 0.25) is 0 Å². The predicted molar refractivity (Wildman–Crippen MR) is 87.0 cm³/mol. The average molecular weight is 321 g/mol. The van der Waals surface area contributed by atoms with Gasteiger partial charge in [0.1, 0.15) is 23.3 Å². The minimum atomic E-state index is -1.55. The summed E-state index contributed by atoms with van der Waals surface area (Å²) in [5, 5.41) is 18.0. The fraction of sp³-hybridized carbons (Fsp3) is 0.188. The maximum atomic E-state index is 11.8. The smallest absolute Gasteiger partial charge is 0.318 e. The van der Waals surface area contributed by atoms with Gasteiger partial charge in [-0.1, -0.05) is 37.8 Å². The van der Waals surface area contributed by atoms with Gasteiger partial charge in [-0.3, -0.25) is 4.79 Å². The summed E-state index contributed by atoms with van der Waals surface area (Å²) in [6, 6.07) is 7.01. The molecule has 3 N–H and O–H groups in total. The molecule has 1 aromatic carbocycles. The van der Waals surface area contributed by atoms with E-state index in [0.717, 1.165) is 5.56 Å². The van der Waals surface area contributed by atoms with Gasteiger partial charge < -0.3 is 10.2 Å². The van der Waals surface area contributed by atoms with Gasteiger partial charge in [-0.15, -0.1) is 0 Å². The number of allylic oxidation sites excluding steroid dienone is 4. The van der Waals surface area contributed by atoms with Crippen molar-refractivity contribution < 1.29 is 19.2 Å². The third kappa shape index (κ3) is 6.07. The predicted octanol–water partition coefficient (Wildman–Crippen LogP) is 2.67. The summed E-state index contributed by atoms with van der Waals surface area (Å²) in [6.07, 6.45) is 6.42. The number of rotatable bonds is 8. The SMILES string of the molecule is C=C/C=C(O)\C=C/C(C)c1ccc(S(=O)NCC(=O)O)cc1. The van der Waals surface area contributed by atoms with Crippen molar-refractivity contribution in [3.05, 3.63) is 66.5 Å². The Kier molecular flexibility index (Phi) is 7.28. The molecule has 0 fully saturated rings. The molecule has 2 atom stereocenters. The van der Waals surface area contributed by atoms with Crippen LogP contribution in [0.3, 0.4) is 0 Å². The van der Waals surface area contributed by atoms with E-state index in [2.05, 4.69) is 11.3 Å². The van der Waals surface area contributed by atoms with Gasteiger partial charge in [0, 0.05) is 0 Å². The summed E-state index contributed by atoms with van der Waals surface area (Å²) >= 11 is 0. The Labute approximate surface area is 132 Å². The van der Waals surface area contributed by atoms with Gasteiger partial charge >= 0.3 is 5.97 Å². The molecule has 6 heteroatoms. The first kappa shape index (κ1) is 17.9. The maximum Gasteiger partial charge on any atom is 0.318 e. The number of nitrogens with one attached hydrogen (secondary N) is 1. The van der Waals surface area contributed by atoms with Crippen LogP contribution in [0.4, 0.5) is 0 Å². The van der Waals surface area contributed by atoms with Gasteiger partial charge in [-0.05, 0) is 35.8 Å². The van der Waals surface area contributed by atoms with Crippen LogP contribution < -0.4 is 4.72 Å². The summed E-state index contributed by atoms with van der Waals surface area (Å²) in [6.45, 7) is 5.10. The normalized spacial score (nSPS) is 14.7. The molecule has 0 spiro atoms. The Hall–Kier alpha value is -2.18. The fourth-order valence-electron chi connectivity index (χ4n) is 1.64. The highest BCUT2D eigenvalue weighted by atomic mass is 32.2. The number of carbonyl (C=O) groups is 1. The third-order valence-corrected chi connectivity index (χ3v) is 3.93. The highest BCUT2D eigenvalue weighted by Gasteiger charge is 2.07. The van der Waals surface area contributed by atoms with E-state index in [1.54, 1.807) is 18.2 Å². The number of carboxylic acids is 1. The number of hydrogen-bond donors (Lipinski definition) is 3. The minimum absolute atomic E-state index is 0.0647. The van der Waals surface area contributed by atoms with Gasteiger partial charge in [-0.25, -0.2) is 8.93 Å². The molecular weight excluding hydrogens is 302 g/mol. The number of aliphatic hydroxyl groups is 1. The Morgan fingerprint density at radius 2 is 2.00 bits per heavy atom. The van der Waals surface area contributed by atoms with E-state index in [9.17, 15) is 14.1 Å². The van der Waals surface area contributed by atoms with Crippen molar-refractivity contribution >= 4 is 17.0 Å². The van der Waals surface area contributed by atoms with Crippen molar-refractivity contribution in [2.24, 2.45) is 0 Å². The van der Waals surface area contributed by atoms with Crippen LogP contribution in [0.15, 0.2) is 65.8 Å². The zero-order chi connectivity index (χ0) is 16.5. The van der Waals surface area contributed by atoms with Gasteiger partial charge in [-0.2, -0.15) is 0 Å². The first-order valence-corrected chi connectivity index (χ1v) is 7.76. The molecule has 0 bridgehead atoms. The number of aliphatic carboxylic acids is 1. The molecule has 0 aliphatic heterocycles. The lowest BCUT2D eigenvalue weighted by Crippen LogP contribution is -2.24. The molecule has 0 aliphatic rings. The van der Waals surface area contributed by atoms with Crippen molar-refractivity contribution in [3.8, 4) is 0 Å². The summed E-state index contributed by atoms with van der Waals surface area (Å²) in [4.78, 5) is 10.9. The van der Waals surface area contributed by atoms with Crippen LogP contribution in [0.2, 0.25) is 0 Å². The largest absolute Gasteiger partial charge is 0.508 e. The molecule has 1 aromatic rings. The van der Waals surface area contributed by atoms with E-state index in [1.165, 1.54) is 12.2 Å². The zero-order valence-corrected chi connectivity index (χ0v) is 13.0. The zero-order valence-electron chi connectivity index (χ0n) is 12.2. The Bertz CT molecular complexity index is 605. The highest BCUT2D eigenvalue weighted by molar-refractivity contribution is 7.83. The Morgan fingerprint density at radius 1 is 1.36 bits per heavy atom. The molecule has 0 saturated carbocycles. The van der Waals surface area contributed by atoms with Gasteiger partial charge in [0.15, 0.2) is 0 Å². The van der Waals surface area contributed by atoms with Crippen molar-refractivity contribution in [2.45, 2.75) is 17.7 Å². The molecule has 118 valence electrons. The standard InChI is InChI=1S/C16H19NO4S/c1-3-4-14(18)8-5-12(2)13-6-9-15(10-7-13)22(21)17-11-16(19)20/h3-10,12,17-18H,1,11H2,2H3,(H,19,20)/b8-5-,14-4+. The first-order valence-electron chi connectivity index (χ1n) is 6.61. The topological polar surface area (TPSA) is 86.6 Å². The second-order valence-corrected chi connectivity index (χ2v) is 5.83. The van der Waals surface area contributed by atoms with Gasteiger partial charge in [0.05, 0.1) is 4.90 Å². The number of hydrogen-bond acceptors (Lipinski definition) is 3. The molecule has 0 amide bonds. The Balaban J connectivity index is 2.71. The van der Waals surface area contributed by atoms with Crippen molar-refractivity contribution in [3.63, 3.8) is 0 Å². The number of benzene rings is 1. The minimum Gasteiger partial charge on any atom is -0.508 e. The Morgan fingerprint density at radius 3 is 2.55 bits per heavy atom. The lowest BCUT2D eigenvalue weighted by Gasteiger charge is -2.08. The van der Waals surface area contributed by atoms with Crippen molar-refractivity contribution in [1.82, 2.24) is 4.72 Å². The second kappa shape index (κ2) is 8.96. The lowest BCUT2D eigenvalue weighted by molar-refractivity contribution is -0.135. The number of carboxylic acid groups (broad SMARTS) is 1. The summed E-state index contributed by atoms with van der Waals surface area (Å²) in [5.41, 5.74) is 0.988. The van der Waals surface area contributed by atoms with Crippen molar-refractivity contribution in [2.75, 3.05) is 6.54 Å². The van der Waals surface area contributed by atoms with Gasteiger partial charge in [0.25, 0.3) is 0 Å². The molecule has 0 radical (unpaired) electrons. The maximum absolute atomic E-state index is 11.8. The molecule has 0 aliphatic carbocycles. The second-order valence-electron chi connectivity index (χ2n) is 4.53. The van der Waals surface area contributed by atoms with E-state index in [0.29, 0.717) is 4.90 Å². The van der Waals surface area contributed by atoms with Crippen LogP contribution in [-0.4, -0.2) is 26.9 Å². The van der Waals surface area contributed by atoms with Crippen molar-refractivity contribution in [1.29, 1.82) is 0 Å². The monoisotopic (exact) mass is 321 g/mol. The quantitative estimate of drug-likeness (QED) is 0.507. The first-order chi connectivity index (χ1) is 10.4. The lowest BCUT2D eigenvalue weighted by atomic mass is 10.0. The fourth-order valence-corrected chi connectivity index (χ4v) is 2.44. The van der Waals surface area contributed by atoms with E-state index in [1.807, 2.05) is 25.1 Å². The molecule has 22 heavy (non-hydrogen) atoms. The van der Waals surface area contributed by atoms with Crippen LogP contribution in [0.5, 0.6) is 0 Å². The number of aliphatic hydroxyl groups excluding tert-OH is 1. The highest BCUT2D eigenvalue weighted by Crippen LogP contribution is 2.18. The van der Waals surface area contributed by atoms with E-state index < -0.39 is 17.0 Å². The molecule has 0 heterocycles. The summed E-state index contributed by atoms with van der Waals surface area (Å²) < 4.78 is 14.2. The molecule has 1 rings (SSSR count). The van der Waals surface area contributed by atoms with Crippen LogP contribution in [-0.2, 0) is 15.8 Å². The molecular formula is C16H19NO4S. The molecule has 0 aromatic heterocycles. The molecule has 0 saturated heterocycles. The van der Waals surface area contributed by atoms with Crippen LogP contribution in [0.1, 0.15) is 18.4 Å². The summed E-state index contributed by atoms with van der Waals surface area (Å²) in [7, 11) is -1.55. The van der Waals surface area contributed by atoms with Crippen LogP contribution in [0.25, 0.3) is 0 Å². The van der Waals surface area contributed by atoms with E-state index in [4.69, 9.17) is 5.11 Å². The average Bonchev–Trinajstić information content (AvgIpc) is 2.50. The summed E-state index contributed by atoms with van der Waals surface area (Å²) in [5.74, 6) is -0.872. The molecule has 2 unspecified atom stereocenters. The van der Waals surface area contributed by atoms with E-state index in [-0.39, 0.29) is 18.2 Å². The van der Waals surface area contributed by atoms with E-state index >= 15 is 0 Å². The molecule has 5 nitrogen and oxygen atoms in total. The third-order valence-electron chi connectivity index (χ3n) is 2.82.